The second kappa shape index (κ2) is 9.03. The number of benzene rings is 2. The van der Waals surface area contributed by atoms with Crippen molar-refractivity contribution in [3.8, 4) is 5.75 Å². The van der Waals surface area contributed by atoms with E-state index in [1.165, 1.54) is 16.7 Å². The van der Waals surface area contributed by atoms with Crippen molar-refractivity contribution in [1.82, 2.24) is 9.38 Å². The SMILES string of the molecule is O=C(Nc1ccc(F)cc1F)Nc1ccccc1OCc1cc(=O)n2cc(Cl)ccc2n1. The molecule has 0 fully saturated rings. The number of amides is 2. The topological polar surface area (TPSA) is 84.7 Å². The Balaban J connectivity index is 1.48. The van der Waals surface area contributed by atoms with Gasteiger partial charge in [0.25, 0.3) is 5.56 Å². The van der Waals surface area contributed by atoms with E-state index in [0.29, 0.717) is 33.9 Å². The fraction of sp³-hybridized carbons (Fsp3) is 0.0455. The minimum atomic E-state index is -0.903. The van der Waals surface area contributed by atoms with Crippen LogP contribution in [0.3, 0.4) is 0 Å². The zero-order chi connectivity index (χ0) is 22.7. The van der Waals surface area contributed by atoms with Crippen molar-refractivity contribution in [2.24, 2.45) is 0 Å². The first-order valence-corrected chi connectivity index (χ1v) is 9.69. The lowest BCUT2D eigenvalue weighted by Gasteiger charge is -2.13. The Labute approximate surface area is 185 Å². The summed E-state index contributed by atoms with van der Waals surface area (Å²) in [6.45, 7) is -0.0404. The zero-order valence-corrected chi connectivity index (χ0v) is 17.1. The molecule has 0 saturated carbocycles. The number of aromatic nitrogens is 2. The Hall–Kier alpha value is -3.98. The van der Waals surface area contributed by atoms with Gasteiger partial charge < -0.3 is 15.4 Å². The van der Waals surface area contributed by atoms with Gasteiger partial charge in [-0.1, -0.05) is 23.7 Å². The summed E-state index contributed by atoms with van der Waals surface area (Å²) >= 11 is 5.91. The van der Waals surface area contributed by atoms with Crippen LogP contribution in [0.25, 0.3) is 5.65 Å². The van der Waals surface area contributed by atoms with Crippen molar-refractivity contribution in [2.45, 2.75) is 6.61 Å². The minimum Gasteiger partial charge on any atom is -0.485 e. The number of hydrogen-bond donors (Lipinski definition) is 2. The summed E-state index contributed by atoms with van der Waals surface area (Å²) in [6, 6.07) is 13.2. The second-order valence-corrected chi connectivity index (χ2v) is 7.09. The predicted octanol–water partition coefficient (Wildman–Crippen LogP) is 4.85. The number of carbonyl (C=O) groups excluding carboxylic acids is 1. The van der Waals surface area contributed by atoms with Gasteiger partial charge in [0, 0.05) is 18.3 Å². The first kappa shape index (κ1) is 21.3. The van der Waals surface area contributed by atoms with Crippen LogP contribution in [-0.4, -0.2) is 15.4 Å². The molecule has 2 heterocycles. The number of halogens is 3. The summed E-state index contributed by atoms with van der Waals surface area (Å²) < 4.78 is 33.8. The molecule has 0 atom stereocenters. The first-order chi connectivity index (χ1) is 15.4. The third kappa shape index (κ3) is 4.84. The number of carbonyl (C=O) groups is 1. The van der Waals surface area contributed by atoms with E-state index >= 15 is 0 Å². The standard InChI is InChI=1S/C22H15ClF2N4O3/c23-13-5-8-20-26-15(10-21(30)29(20)11-13)12-32-19-4-2-1-3-18(19)28-22(31)27-17-7-6-14(24)9-16(17)25/h1-11H,12H2,(H2,27,28,31). The predicted molar refractivity (Wildman–Crippen MR) is 116 cm³/mol. The van der Waals surface area contributed by atoms with Gasteiger partial charge in [-0.25, -0.2) is 18.6 Å². The van der Waals surface area contributed by atoms with Gasteiger partial charge in [-0.3, -0.25) is 9.20 Å². The zero-order valence-electron chi connectivity index (χ0n) is 16.3. The summed E-state index contributed by atoms with van der Waals surface area (Å²) in [7, 11) is 0. The highest BCUT2D eigenvalue weighted by molar-refractivity contribution is 6.30. The molecule has 2 aromatic carbocycles. The molecular weight excluding hydrogens is 442 g/mol. The van der Waals surface area contributed by atoms with E-state index in [0.717, 1.165) is 12.1 Å². The van der Waals surface area contributed by atoms with Crippen LogP contribution in [0, 0.1) is 11.6 Å². The number of rotatable bonds is 5. The van der Waals surface area contributed by atoms with Crippen molar-refractivity contribution in [3.05, 3.63) is 99.6 Å². The lowest BCUT2D eigenvalue weighted by molar-refractivity contribution is 0.261. The summed E-state index contributed by atoms with van der Waals surface area (Å²) in [5.74, 6) is -1.35. The van der Waals surface area contributed by atoms with Crippen LogP contribution >= 0.6 is 11.6 Å². The number of pyridine rings is 1. The normalized spacial score (nSPS) is 10.7. The molecular formula is C22H15ClF2N4O3. The molecule has 4 aromatic rings. The van der Waals surface area contributed by atoms with Gasteiger partial charge >= 0.3 is 6.03 Å². The Morgan fingerprint density at radius 3 is 2.62 bits per heavy atom. The average Bonchev–Trinajstić information content (AvgIpc) is 2.76. The fourth-order valence-electron chi connectivity index (χ4n) is 2.91. The molecule has 2 aromatic heterocycles. The molecule has 0 bridgehead atoms. The number of para-hydroxylation sites is 2. The van der Waals surface area contributed by atoms with Crippen LogP contribution in [0.15, 0.2) is 71.7 Å². The molecule has 4 rings (SSSR count). The van der Waals surface area contributed by atoms with Gasteiger partial charge in [0.15, 0.2) is 0 Å². The molecule has 2 amide bonds. The number of nitrogens with zero attached hydrogens (tertiary/aromatic N) is 2. The number of urea groups is 1. The van der Waals surface area contributed by atoms with Crippen molar-refractivity contribution in [3.63, 3.8) is 0 Å². The molecule has 10 heteroatoms. The van der Waals surface area contributed by atoms with Crippen molar-refractivity contribution in [2.75, 3.05) is 10.6 Å². The molecule has 0 aliphatic heterocycles. The van der Waals surface area contributed by atoms with Crippen LogP contribution in [0.5, 0.6) is 5.75 Å². The lowest BCUT2D eigenvalue weighted by Crippen LogP contribution is -2.20. The van der Waals surface area contributed by atoms with E-state index in [1.807, 2.05) is 0 Å². The monoisotopic (exact) mass is 456 g/mol. The second-order valence-electron chi connectivity index (χ2n) is 6.65. The molecule has 32 heavy (non-hydrogen) atoms. The van der Waals surface area contributed by atoms with E-state index in [1.54, 1.807) is 36.4 Å². The maximum Gasteiger partial charge on any atom is 0.323 e. The number of nitrogens with one attached hydrogen (secondary N) is 2. The summed E-state index contributed by atoms with van der Waals surface area (Å²) in [5, 5.41) is 5.26. The van der Waals surface area contributed by atoms with Gasteiger partial charge in [-0.2, -0.15) is 0 Å². The Morgan fingerprint density at radius 1 is 1.03 bits per heavy atom. The third-order valence-corrected chi connectivity index (χ3v) is 4.59. The van der Waals surface area contributed by atoms with Gasteiger partial charge in [-0.15, -0.1) is 0 Å². The van der Waals surface area contributed by atoms with Crippen LogP contribution in [0.1, 0.15) is 5.69 Å². The maximum absolute atomic E-state index is 13.8. The third-order valence-electron chi connectivity index (χ3n) is 4.37. The van der Waals surface area contributed by atoms with E-state index < -0.39 is 17.7 Å². The lowest BCUT2D eigenvalue weighted by atomic mass is 10.3. The van der Waals surface area contributed by atoms with Gasteiger partial charge in [0.05, 0.1) is 22.1 Å². The Kier molecular flexibility index (Phi) is 6.00. The van der Waals surface area contributed by atoms with E-state index in [4.69, 9.17) is 16.3 Å². The van der Waals surface area contributed by atoms with Crippen LogP contribution in [0.4, 0.5) is 25.0 Å². The highest BCUT2D eigenvalue weighted by Crippen LogP contribution is 2.25. The largest absolute Gasteiger partial charge is 0.485 e. The van der Waals surface area contributed by atoms with Crippen LogP contribution in [0.2, 0.25) is 5.02 Å². The van der Waals surface area contributed by atoms with Gasteiger partial charge in [-0.05, 0) is 36.4 Å². The number of anilines is 2. The van der Waals surface area contributed by atoms with E-state index in [-0.39, 0.29) is 17.9 Å². The van der Waals surface area contributed by atoms with Crippen molar-refractivity contribution in [1.29, 1.82) is 0 Å². The quantitative estimate of drug-likeness (QED) is 0.449. The molecule has 0 aliphatic carbocycles. The Bertz CT molecular complexity index is 1380. The fourth-order valence-corrected chi connectivity index (χ4v) is 3.07. The number of fused-ring (bicyclic) bond motifs is 1. The van der Waals surface area contributed by atoms with E-state index in [2.05, 4.69) is 15.6 Å². The smallest absolute Gasteiger partial charge is 0.323 e. The van der Waals surface area contributed by atoms with Gasteiger partial charge in [0.2, 0.25) is 0 Å². The van der Waals surface area contributed by atoms with Crippen molar-refractivity contribution >= 4 is 34.7 Å². The number of hydrogen-bond acceptors (Lipinski definition) is 4. The average molecular weight is 457 g/mol. The van der Waals surface area contributed by atoms with Crippen LogP contribution < -0.4 is 20.9 Å². The van der Waals surface area contributed by atoms with Crippen molar-refractivity contribution < 1.29 is 18.3 Å². The first-order valence-electron chi connectivity index (χ1n) is 9.32. The van der Waals surface area contributed by atoms with Crippen LogP contribution in [-0.2, 0) is 6.61 Å². The highest BCUT2D eigenvalue weighted by Gasteiger charge is 2.12. The number of ether oxygens (including phenoxy) is 1. The molecule has 0 unspecified atom stereocenters. The molecule has 0 radical (unpaired) electrons. The molecule has 0 saturated heterocycles. The highest BCUT2D eigenvalue weighted by atomic mass is 35.5. The Morgan fingerprint density at radius 2 is 1.81 bits per heavy atom. The maximum atomic E-state index is 13.8. The minimum absolute atomic E-state index is 0.0404. The summed E-state index contributed by atoms with van der Waals surface area (Å²) in [6.07, 6.45) is 1.47. The summed E-state index contributed by atoms with van der Waals surface area (Å²) in [5.41, 5.74) is 0.598. The molecule has 0 aliphatic rings. The molecule has 7 nitrogen and oxygen atoms in total. The molecule has 162 valence electrons. The van der Waals surface area contributed by atoms with Gasteiger partial charge in [0.1, 0.15) is 29.6 Å². The molecule has 0 spiro atoms. The van der Waals surface area contributed by atoms with E-state index in [9.17, 15) is 18.4 Å². The summed E-state index contributed by atoms with van der Waals surface area (Å²) in [4.78, 5) is 28.9. The molecule has 2 N–H and O–H groups in total.